The SMILES string of the molecule is COC(=O)CC(O)C(O)c1cccc(C)n1. The summed E-state index contributed by atoms with van der Waals surface area (Å²) in [6.45, 7) is 1.78. The fourth-order valence-electron chi connectivity index (χ4n) is 1.29. The van der Waals surface area contributed by atoms with Crippen LogP contribution in [0.25, 0.3) is 0 Å². The lowest BCUT2D eigenvalue weighted by molar-refractivity contribution is -0.144. The van der Waals surface area contributed by atoms with Crippen molar-refractivity contribution in [2.45, 2.75) is 25.6 Å². The molecular formula is C11H15NO4. The molecule has 0 radical (unpaired) electrons. The van der Waals surface area contributed by atoms with Crippen molar-refractivity contribution < 1.29 is 19.7 Å². The highest BCUT2D eigenvalue weighted by Crippen LogP contribution is 2.17. The Hall–Kier alpha value is -1.46. The number of methoxy groups -OCH3 is 1. The predicted molar refractivity (Wildman–Crippen MR) is 56.6 cm³/mol. The van der Waals surface area contributed by atoms with E-state index < -0.39 is 18.2 Å². The molecule has 0 aliphatic carbocycles. The number of hydrogen-bond acceptors (Lipinski definition) is 5. The largest absolute Gasteiger partial charge is 0.469 e. The minimum atomic E-state index is -1.21. The summed E-state index contributed by atoms with van der Waals surface area (Å²) in [5.74, 6) is -0.570. The number of aromatic nitrogens is 1. The van der Waals surface area contributed by atoms with Crippen molar-refractivity contribution in [2.24, 2.45) is 0 Å². The van der Waals surface area contributed by atoms with Gasteiger partial charge in [0.25, 0.3) is 0 Å². The fraction of sp³-hybridized carbons (Fsp3) is 0.455. The number of nitrogens with zero attached hydrogens (tertiary/aromatic N) is 1. The van der Waals surface area contributed by atoms with Crippen molar-refractivity contribution in [3.8, 4) is 0 Å². The van der Waals surface area contributed by atoms with Crippen molar-refractivity contribution >= 4 is 5.97 Å². The molecule has 16 heavy (non-hydrogen) atoms. The van der Waals surface area contributed by atoms with E-state index in [0.29, 0.717) is 5.69 Å². The second kappa shape index (κ2) is 5.58. The molecule has 0 saturated heterocycles. The van der Waals surface area contributed by atoms with E-state index in [4.69, 9.17) is 0 Å². The van der Waals surface area contributed by atoms with E-state index in [0.717, 1.165) is 5.69 Å². The normalized spacial score (nSPS) is 14.2. The van der Waals surface area contributed by atoms with E-state index in [2.05, 4.69) is 9.72 Å². The molecule has 2 atom stereocenters. The summed E-state index contributed by atoms with van der Waals surface area (Å²) in [7, 11) is 1.23. The maximum Gasteiger partial charge on any atom is 0.308 e. The zero-order chi connectivity index (χ0) is 12.1. The third kappa shape index (κ3) is 3.29. The summed E-state index contributed by atoms with van der Waals surface area (Å²) < 4.78 is 4.40. The number of aliphatic hydroxyl groups excluding tert-OH is 2. The quantitative estimate of drug-likeness (QED) is 0.723. The Balaban J connectivity index is 2.70. The van der Waals surface area contributed by atoms with Gasteiger partial charge in [-0.3, -0.25) is 9.78 Å². The Morgan fingerprint density at radius 1 is 1.50 bits per heavy atom. The number of carbonyl (C=O) groups excluding carboxylic acids is 1. The Morgan fingerprint density at radius 2 is 2.19 bits per heavy atom. The highest BCUT2D eigenvalue weighted by atomic mass is 16.5. The molecule has 0 aliphatic heterocycles. The van der Waals surface area contributed by atoms with Crippen LogP contribution in [0.5, 0.6) is 0 Å². The third-order valence-electron chi connectivity index (χ3n) is 2.18. The molecule has 0 aliphatic rings. The van der Waals surface area contributed by atoms with E-state index in [1.807, 2.05) is 0 Å². The zero-order valence-corrected chi connectivity index (χ0v) is 9.25. The second-order valence-corrected chi connectivity index (χ2v) is 3.50. The first kappa shape index (κ1) is 12.6. The number of hydrogen-bond donors (Lipinski definition) is 2. The molecule has 0 bridgehead atoms. The summed E-state index contributed by atoms with van der Waals surface area (Å²) in [5.41, 5.74) is 1.08. The second-order valence-electron chi connectivity index (χ2n) is 3.50. The fourth-order valence-corrected chi connectivity index (χ4v) is 1.29. The van der Waals surface area contributed by atoms with Crippen LogP contribution in [0.3, 0.4) is 0 Å². The molecule has 0 amide bonds. The molecule has 1 heterocycles. The van der Waals surface area contributed by atoms with Gasteiger partial charge in [0.05, 0.1) is 25.3 Å². The molecular weight excluding hydrogens is 210 g/mol. The van der Waals surface area contributed by atoms with Crippen LogP contribution in [-0.4, -0.2) is 34.4 Å². The third-order valence-corrected chi connectivity index (χ3v) is 2.18. The first-order valence-electron chi connectivity index (χ1n) is 4.91. The van der Waals surface area contributed by atoms with Crippen LogP contribution in [-0.2, 0) is 9.53 Å². The number of carbonyl (C=O) groups is 1. The maximum atomic E-state index is 10.9. The molecule has 2 unspecified atom stereocenters. The van der Waals surface area contributed by atoms with Gasteiger partial charge in [-0.05, 0) is 19.1 Å². The predicted octanol–water partition coefficient (Wildman–Crippen LogP) is 0.347. The highest BCUT2D eigenvalue weighted by Gasteiger charge is 2.22. The van der Waals surface area contributed by atoms with Crippen molar-refractivity contribution in [3.05, 3.63) is 29.6 Å². The molecule has 88 valence electrons. The molecule has 5 heteroatoms. The summed E-state index contributed by atoms with van der Waals surface area (Å²) >= 11 is 0. The molecule has 0 fully saturated rings. The lowest BCUT2D eigenvalue weighted by atomic mass is 10.1. The molecule has 0 spiro atoms. The Labute approximate surface area is 93.7 Å². The number of aryl methyl sites for hydroxylation is 1. The van der Waals surface area contributed by atoms with Crippen LogP contribution in [0.1, 0.15) is 23.9 Å². The summed E-state index contributed by atoms with van der Waals surface area (Å²) in [6.07, 6.45) is -2.64. The number of rotatable bonds is 4. The molecule has 1 aromatic rings. The van der Waals surface area contributed by atoms with Crippen LogP contribution >= 0.6 is 0 Å². The standard InChI is InChI=1S/C11H15NO4/c1-7-4-3-5-8(12-7)11(15)9(13)6-10(14)16-2/h3-5,9,11,13,15H,6H2,1-2H3. The van der Waals surface area contributed by atoms with Crippen LogP contribution in [0.15, 0.2) is 18.2 Å². The first-order chi connectivity index (χ1) is 7.54. The summed E-state index contributed by atoms with van der Waals surface area (Å²) in [6, 6.07) is 5.10. The Bertz CT molecular complexity index is 367. The average molecular weight is 225 g/mol. The van der Waals surface area contributed by atoms with E-state index in [1.165, 1.54) is 7.11 Å². The summed E-state index contributed by atoms with van der Waals surface area (Å²) in [5, 5.41) is 19.3. The van der Waals surface area contributed by atoms with Gasteiger partial charge in [0.15, 0.2) is 0 Å². The molecule has 1 aromatic heterocycles. The van der Waals surface area contributed by atoms with Crippen molar-refractivity contribution in [2.75, 3.05) is 7.11 Å². The number of esters is 1. The van der Waals surface area contributed by atoms with Gasteiger partial charge in [-0.2, -0.15) is 0 Å². The number of aliphatic hydroxyl groups is 2. The van der Waals surface area contributed by atoms with Gasteiger partial charge in [-0.25, -0.2) is 0 Å². The van der Waals surface area contributed by atoms with Crippen molar-refractivity contribution in [1.82, 2.24) is 4.98 Å². The van der Waals surface area contributed by atoms with Crippen LogP contribution in [0.2, 0.25) is 0 Å². The minimum Gasteiger partial charge on any atom is -0.469 e. The smallest absolute Gasteiger partial charge is 0.308 e. The van der Waals surface area contributed by atoms with Crippen molar-refractivity contribution in [1.29, 1.82) is 0 Å². The van der Waals surface area contributed by atoms with Gasteiger partial charge in [-0.1, -0.05) is 6.07 Å². The molecule has 5 nitrogen and oxygen atoms in total. The lowest BCUT2D eigenvalue weighted by Gasteiger charge is -2.16. The maximum absolute atomic E-state index is 10.9. The monoisotopic (exact) mass is 225 g/mol. The van der Waals surface area contributed by atoms with E-state index in [1.54, 1.807) is 25.1 Å². The molecule has 2 N–H and O–H groups in total. The minimum absolute atomic E-state index is 0.257. The van der Waals surface area contributed by atoms with Gasteiger partial charge in [0.2, 0.25) is 0 Å². The number of pyridine rings is 1. The van der Waals surface area contributed by atoms with Gasteiger partial charge < -0.3 is 14.9 Å². The van der Waals surface area contributed by atoms with Gasteiger partial charge in [-0.15, -0.1) is 0 Å². The first-order valence-corrected chi connectivity index (χ1v) is 4.91. The molecule has 0 aromatic carbocycles. The zero-order valence-electron chi connectivity index (χ0n) is 9.25. The van der Waals surface area contributed by atoms with Crippen LogP contribution in [0.4, 0.5) is 0 Å². The topological polar surface area (TPSA) is 79.7 Å². The number of ether oxygens (including phenoxy) is 1. The van der Waals surface area contributed by atoms with E-state index >= 15 is 0 Å². The van der Waals surface area contributed by atoms with E-state index in [-0.39, 0.29) is 6.42 Å². The van der Waals surface area contributed by atoms with Crippen LogP contribution in [0, 0.1) is 6.92 Å². The van der Waals surface area contributed by atoms with Gasteiger partial charge in [0.1, 0.15) is 6.10 Å². The summed E-state index contributed by atoms with van der Waals surface area (Å²) in [4.78, 5) is 15.0. The van der Waals surface area contributed by atoms with Gasteiger partial charge >= 0.3 is 5.97 Å². The van der Waals surface area contributed by atoms with Crippen LogP contribution < -0.4 is 0 Å². The Kier molecular flexibility index (Phi) is 4.39. The van der Waals surface area contributed by atoms with Gasteiger partial charge in [0, 0.05) is 5.69 Å². The lowest BCUT2D eigenvalue weighted by Crippen LogP contribution is -2.23. The highest BCUT2D eigenvalue weighted by molar-refractivity contribution is 5.69. The molecule has 1 rings (SSSR count). The molecule has 0 saturated carbocycles. The average Bonchev–Trinajstić information content (AvgIpc) is 2.27. The Morgan fingerprint density at radius 3 is 2.75 bits per heavy atom. The van der Waals surface area contributed by atoms with E-state index in [9.17, 15) is 15.0 Å². The van der Waals surface area contributed by atoms with Crippen molar-refractivity contribution in [3.63, 3.8) is 0 Å².